The smallest absolute Gasteiger partial charge is 0.413 e. The van der Waals surface area contributed by atoms with Crippen LogP contribution in [0.1, 0.15) is 6.92 Å². The molecule has 0 aliphatic carbocycles. The fourth-order valence-corrected chi connectivity index (χ4v) is 1.06. The second kappa shape index (κ2) is 4.50. The molecule has 1 rings (SSSR count). The maximum atomic E-state index is 11.3. The van der Waals surface area contributed by atoms with Gasteiger partial charge >= 0.3 is 6.09 Å². The van der Waals surface area contributed by atoms with E-state index >= 15 is 0 Å². The van der Waals surface area contributed by atoms with Crippen LogP contribution in [0.25, 0.3) is 0 Å². The first kappa shape index (κ1) is 10.4. The van der Waals surface area contributed by atoms with Crippen LogP contribution in [0.5, 0.6) is 0 Å². The minimum Gasteiger partial charge on any atom is -0.449 e. The zero-order chi connectivity index (χ0) is 10.6. The van der Waals surface area contributed by atoms with Gasteiger partial charge in [-0.1, -0.05) is 6.07 Å². The molecule has 0 radical (unpaired) electrons. The van der Waals surface area contributed by atoms with Gasteiger partial charge in [0.2, 0.25) is 0 Å². The zero-order valence-corrected chi connectivity index (χ0v) is 8.36. The average Bonchev–Trinajstić information content (AvgIpc) is 2.17. The molecule has 0 saturated heterocycles. The van der Waals surface area contributed by atoms with Crippen molar-refractivity contribution in [3.8, 4) is 0 Å². The lowest BCUT2D eigenvalue weighted by Gasteiger charge is -2.16. The molecule has 0 unspecified atom stereocenters. The van der Waals surface area contributed by atoms with Crippen molar-refractivity contribution in [2.75, 3.05) is 24.3 Å². The molecule has 0 spiro atoms. The van der Waals surface area contributed by atoms with Crippen molar-refractivity contribution in [2.24, 2.45) is 0 Å². The van der Waals surface area contributed by atoms with E-state index in [1.807, 2.05) is 0 Å². The number of benzene rings is 1. The summed E-state index contributed by atoms with van der Waals surface area (Å²) >= 11 is 0. The third kappa shape index (κ3) is 2.39. The van der Waals surface area contributed by atoms with Gasteiger partial charge in [0.05, 0.1) is 6.61 Å². The highest BCUT2D eigenvalue weighted by molar-refractivity contribution is 5.87. The monoisotopic (exact) mass is 194 g/mol. The van der Waals surface area contributed by atoms with E-state index in [2.05, 4.69) is 0 Å². The summed E-state index contributed by atoms with van der Waals surface area (Å²) in [6.45, 7) is 2.14. The van der Waals surface area contributed by atoms with Crippen LogP contribution in [0.4, 0.5) is 16.2 Å². The minimum atomic E-state index is -0.377. The summed E-state index contributed by atoms with van der Waals surface area (Å²) in [5.74, 6) is 0. The number of carbonyl (C=O) groups excluding carboxylic acids is 1. The number of nitrogen functional groups attached to an aromatic ring is 1. The van der Waals surface area contributed by atoms with E-state index in [9.17, 15) is 4.79 Å². The fraction of sp³-hybridized carbons (Fsp3) is 0.300. The van der Waals surface area contributed by atoms with Crippen LogP contribution in [-0.4, -0.2) is 19.7 Å². The van der Waals surface area contributed by atoms with Gasteiger partial charge in [-0.15, -0.1) is 0 Å². The Labute approximate surface area is 83.3 Å². The van der Waals surface area contributed by atoms with Crippen molar-refractivity contribution in [3.05, 3.63) is 24.3 Å². The van der Waals surface area contributed by atoms with E-state index in [1.54, 1.807) is 38.2 Å². The molecular formula is C10H14N2O2. The SMILES string of the molecule is CCOC(=O)N(C)c1cccc(N)c1. The first-order valence-electron chi connectivity index (χ1n) is 4.41. The van der Waals surface area contributed by atoms with Crippen LogP contribution < -0.4 is 10.6 Å². The van der Waals surface area contributed by atoms with E-state index in [-0.39, 0.29) is 6.09 Å². The lowest BCUT2D eigenvalue weighted by molar-refractivity contribution is 0.161. The number of hydrogen-bond acceptors (Lipinski definition) is 3. The maximum absolute atomic E-state index is 11.3. The lowest BCUT2D eigenvalue weighted by atomic mass is 10.3. The molecule has 0 heterocycles. The molecule has 0 atom stereocenters. The number of hydrogen-bond donors (Lipinski definition) is 1. The van der Waals surface area contributed by atoms with Gasteiger partial charge < -0.3 is 10.5 Å². The minimum absolute atomic E-state index is 0.367. The summed E-state index contributed by atoms with van der Waals surface area (Å²) < 4.78 is 4.84. The van der Waals surface area contributed by atoms with E-state index in [0.717, 1.165) is 5.69 Å². The van der Waals surface area contributed by atoms with Crippen molar-refractivity contribution in [2.45, 2.75) is 6.92 Å². The Balaban J connectivity index is 2.78. The second-order valence-corrected chi connectivity index (χ2v) is 2.85. The molecule has 4 nitrogen and oxygen atoms in total. The van der Waals surface area contributed by atoms with Gasteiger partial charge in [0.1, 0.15) is 0 Å². The highest BCUT2D eigenvalue weighted by Crippen LogP contribution is 2.16. The van der Waals surface area contributed by atoms with Crippen molar-refractivity contribution in [3.63, 3.8) is 0 Å². The summed E-state index contributed by atoms with van der Waals surface area (Å²) in [6.07, 6.45) is -0.377. The van der Waals surface area contributed by atoms with E-state index in [0.29, 0.717) is 12.3 Å². The third-order valence-electron chi connectivity index (χ3n) is 1.80. The highest BCUT2D eigenvalue weighted by Gasteiger charge is 2.10. The Morgan fingerprint density at radius 1 is 1.57 bits per heavy atom. The molecular weight excluding hydrogens is 180 g/mol. The lowest BCUT2D eigenvalue weighted by Crippen LogP contribution is -2.26. The van der Waals surface area contributed by atoms with Gasteiger partial charge in [-0.25, -0.2) is 4.79 Å². The molecule has 1 amide bonds. The number of nitrogens with zero attached hydrogens (tertiary/aromatic N) is 1. The van der Waals surface area contributed by atoms with Crippen LogP contribution in [0.15, 0.2) is 24.3 Å². The predicted molar refractivity (Wildman–Crippen MR) is 56.3 cm³/mol. The van der Waals surface area contributed by atoms with Crippen molar-refractivity contribution >= 4 is 17.5 Å². The summed E-state index contributed by atoms with van der Waals surface area (Å²) in [6, 6.07) is 7.08. The predicted octanol–water partition coefficient (Wildman–Crippen LogP) is 1.86. The fourth-order valence-electron chi connectivity index (χ4n) is 1.06. The molecule has 76 valence electrons. The molecule has 0 aromatic heterocycles. The molecule has 1 aromatic carbocycles. The Bertz CT molecular complexity index is 326. The zero-order valence-electron chi connectivity index (χ0n) is 8.36. The molecule has 0 fully saturated rings. The van der Waals surface area contributed by atoms with E-state index < -0.39 is 0 Å². The molecule has 4 heteroatoms. The summed E-state index contributed by atoms with van der Waals surface area (Å²) in [7, 11) is 1.65. The quantitative estimate of drug-likeness (QED) is 0.731. The summed E-state index contributed by atoms with van der Waals surface area (Å²) in [5.41, 5.74) is 6.94. The Morgan fingerprint density at radius 2 is 2.29 bits per heavy atom. The highest BCUT2D eigenvalue weighted by atomic mass is 16.6. The molecule has 14 heavy (non-hydrogen) atoms. The van der Waals surface area contributed by atoms with Crippen LogP contribution in [0.2, 0.25) is 0 Å². The Hall–Kier alpha value is -1.71. The Morgan fingerprint density at radius 3 is 2.86 bits per heavy atom. The Kier molecular flexibility index (Phi) is 3.34. The third-order valence-corrected chi connectivity index (χ3v) is 1.80. The summed E-state index contributed by atoms with van der Waals surface area (Å²) in [5, 5.41) is 0. The van der Waals surface area contributed by atoms with Crippen LogP contribution >= 0.6 is 0 Å². The van der Waals surface area contributed by atoms with Gasteiger partial charge in [-0.2, -0.15) is 0 Å². The first-order valence-corrected chi connectivity index (χ1v) is 4.41. The number of rotatable bonds is 2. The van der Waals surface area contributed by atoms with E-state index in [1.165, 1.54) is 4.90 Å². The first-order chi connectivity index (χ1) is 6.65. The van der Waals surface area contributed by atoms with Crippen LogP contribution in [0.3, 0.4) is 0 Å². The van der Waals surface area contributed by atoms with Crippen molar-refractivity contribution in [1.82, 2.24) is 0 Å². The van der Waals surface area contributed by atoms with Gasteiger partial charge in [-0.05, 0) is 25.1 Å². The van der Waals surface area contributed by atoms with Gasteiger partial charge in [0.15, 0.2) is 0 Å². The number of ether oxygens (including phenoxy) is 1. The normalized spacial score (nSPS) is 9.57. The second-order valence-electron chi connectivity index (χ2n) is 2.85. The molecule has 0 bridgehead atoms. The van der Waals surface area contributed by atoms with Gasteiger partial charge in [0, 0.05) is 18.4 Å². The van der Waals surface area contributed by atoms with Crippen molar-refractivity contribution < 1.29 is 9.53 Å². The maximum Gasteiger partial charge on any atom is 0.413 e. The van der Waals surface area contributed by atoms with Crippen LogP contribution in [0, 0.1) is 0 Å². The van der Waals surface area contributed by atoms with Gasteiger partial charge in [-0.3, -0.25) is 4.90 Å². The number of carbonyl (C=O) groups is 1. The molecule has 0 aliphatic heterocycles. The van der Waals surface area contributed by atoms with E-state index in [4.69, 9.17) is 10.5 Å². The number of amides is 1. The average molecular weight is 194 g/mol. The summed E-state index contributed by atoms with van der Waals surface area (Å²) in [4.78, 5) is 12.7. The number of anilines is 2. The molecule has 0 saturated carbocycles. The number of nitrogens with two attached hydrogens (primary N) is 1. The largest absolute Gasteiger partial charge is 0.449 e. The molecule has 1 aromatic rings. The van der Waals surface area contributed by atoms with Crippen LogP contribution in [-0.2, 0) is 4.74 Å². The van der Waals surface area contributed by atoms with Crippen molar-refractivity contribution in [1.29, 1.82) is 0 Å². The molecule has 2 N–H and O–H groups in total. The standard InChI is InChI=1S/C10H14N2O2/c1-3-14-10(13)12(2)9-6-4-5-8(11)7-9/h4-7H,3,11H2,1-2H3. The topological polar surface area (TPSA) is 55.6 Å². The molecule has 0 aliphatic rings. The van der Waals surface area contributed by atoms with Gasteiger partial charge in [0.25, 0.3) is 0 Å².